The van der Waals surface area contributed by atoms with E-state index in [-0.39, 0.29) is 18.2 Å². The Hall–Kier alpha value is -2.96. The van der Waals surface area contributed by atoms with Crippen molar-refractivity contribution in [1.29, 1.82) is 0 Å². The van der Waals surface area contributed by atoms with Crippen molar-refractivity contribution in [3.63, 3.8) is 0 Å². The molecule has 7 heteroatoms. The molecule has 0 radical (unpaired) electrons. The van der Waals surface area contributed by atoms with Crippen LogP contribution in [0.2, 0.25) is 0 Å². The monoisotopic (exact) mass is 337 g/mol. The van der Waals surface area contributed by atoms with Gasteiger partial charge in [0, 0.05) is 37.0 Å². The van der Waals surface area contributed by atoms with Gasteiger partial charge in [0.1, 0.15) is 5.82 Å². The van der Waals surface area contributed by atoms with Gasteiger partial charge in [0.15, 0.2) is 5.82 Å². The Morgan fingerprint density at radius 1 is 1.36 bits per heavy atom. The predicted octanol–water partition coefficient (Wildman–Crippen LogP) is 2.49. The molecule has 0 aliphatic carbocycles. The van der Waals surface area contributed by atoms with E-state index >= 15 is 0 Å². The molecule has 0 saturated carbocycles. The van der Waals surface area contributed by atoms with E-state index in [9.17, 15) is 4.79 Å². The van der Waals surface area contributed by atoms with Crippen molar-refractivity contribution in [2.75, 3.05) is 5.32 Å². The van der Waals surface area contributed by atoms with Gasteiger partial charge in [0.05, 0.1) is 6.42 Å². The molecule has 3 heterocycles. The molecular weight excluding hydrogens is 318 g/mol. The second-order valence-corrected chi connectivity index (χ2v) is 6.37. The number of nitrogens with zero attached hydrogens (tertiary/aromatic N) is 4. The average molecular weight is 337 g/mol. The lowest BCUT2D eigenvalue weighted by molar-refractivity contribution is -0.115. The number of carbonyl (C=O) groups excluding carboxylic acids is 1. The highest BCUT2D eigenvalue weighted by Crippen LogP contribution is 2.27. The molecular formula is C18H19N5O2. The van der Waals surface area contributed by atoms with Gasteiger partial charge in [-0.3, -0.25) is 4.79 Å². The number of amides is 1. The minimum atomic E-state index is -0.157. The number of aryl methyl sites for hydroxylation is 2. The van der Waals surface area contributed by atoms with Crippen molar-refractivity contribution in [1.82, 2.24) is 19.7 Å². The van der Waals surface area contributed by atoms with Gasteiger partial charge in [-0.15, -0.1) is 0 Å². The van der Waals surface area contributed by atoms with E-state index in [0.29, 0.717) is 11.7 Å². The quantitative estimate of drug-likeness (QED) is 0.790. The van der Waals surface area contributed by atoms with Crippen LogP contribution in [0, 0.1) is 6.92 Å². The van der Waals surface area contributed by atoms with Crippen molar-refractivity contribution in [3.8, 4) is 0 Å². The molecule has 0 bridgehead atoms. The van der Waals surface area contributed by atoms with Crippen molar-refractivity contribution in [2.45, 2.75) is 38.6 Å². The SMILES string of the molecule is Cc1ccc(NC(=O)Cc2noc([C@@H]3CCn4ccnc4C3)n2)cc1. The van der Waals surface area contributed by atoms with Crippen LogP contribution >= 0.6 is 0 Å². The molecule has 7 nitrogen and oxygen atoms in total. The topological polar surface area (TPSA) is 85.8 Å². The zero-order chi connectivity index (χ0) is 17.2. The van der Waals surface area contributed by atoms with Crippen LogP contribution in [0.4, 0.5) is 5.69 Å². The average Bonchev–Trinajstić information content (AvgIpc) is 3.25. The number of rotatable bonds is 4. The van der Waals surface area contributed by atoms with Gasteiger partial charge in [0.2, 0.25) is 11.8 Å². The molecule has 0 spiro atoms. The van der Waals surface area contributed by atoms with Gasteiger partial charge in [-0.25, -0.2) is 4.98 Å². The van der Waals surface area contributed by atoms with E-state index < -0.39 is 0 Å². The van der Waals surface area contributed by atoms with E-state index in [2.05, 4.69) is 25.0 Å². The van der Waals surface area contributed by atoms with E-state index in [4.69, 9.17) is 4.52 Å². The molecule has 3 aromatic rings. The van der Waals surface area contributed by atoms with Crippen molar-refractivity contribution in [3.05, 3.63) is 59.8 Å². The predicted molar refractivity (Wildman–Crippen MR) is 91.1 cm³/mol. The summed E-state index contributed by atoms with van der Waals surface area (Å²) < 4.78 is 7.53. The third kappa shape index (κ3) is 3.45. The van der Waals surface area contributed by atoms with Gasteiger partial charge in [-0.05, 0) is 25.5 Å². The number of hydrogen-bond acceptors (Lipinski definition) is 5. The smallest absolute Gasteiger partial charge is 0.232 e. The Bertz CT molecular complexity index is 881. The number of anilines is 1. The summed E-state index contributed by atoms with van der Waals surface area (Å²) in [6.07, 6.45) is 5.61. The third-order valence-corrected chi connectivity index (χ3v) is 4.44. The number of aromatic nitrogens is 4. The highest BCUT2D eigenvalue weighted by atomic mass is 16.5. The molecule has 0 unspecified atom stereocenters. The molecule has 0 fully saturated rings. The highest BCUT2D eigenvalue weighted by Gasteiger charge is 2.25. The Balaban J connectivity index is 1.38. The second kappa shape index (κ2) is 6.51. The first-order valence-electron chi connectivity index (χ1n) is 8.36. The molecule has 25 heavy (non-hydrogen) atoms. The fourth-order valence-corrected chi connectivity index (χ4v) is 3.05. The highest BCUT2D eigenvalue weighted by molar-refractivity contribution is 5.91. The standard InChI is InChI=1S/C18H19N5O2/c1-12-2-4-14(5-3-12)20-17(24)11-15-21-18(25-22-15)13-6-8-23-9-7-19-16(23)10-13/h2-5,7,9,13H,6,8,10-11H2,1H3,(H,20,24)/t13-/m1/s1. The molecule has 1 aromatic carbocycles. The maximum absolute atomic E-state index is 12.1. The Kier molecular flexibility index (Phi) is 4.05. The normalized spacial score (nSPS) is 16.4. The molecule has 1 aliphatic heterocycles. The number of hydrogen-bond donors (Lipinski definition) is 1. The number of benzene rings is 1. The van der Waals surface area contributed by atoms with E-state index in [0.717, 1.165) is 36.5 Å². The van der Waals surface area contributed by atoms with Gasteiger partial charge in [0.25, 0.3) is 0 Å². The first kappa shape index (κ1) is 15.6. The maximum atomic E-state index is 12.1. The zero-order valence-electron chi connectivity index (χ0n) is 14.0. The lowest BCUT2D eigenvalue weighted by atomic mass is 9.98. The summed E-state index contributed by atoms with van der Waals surface area (Å²) in [6.45, 7) is 2.90. The minimum absolute atomic E-state index is 0.0960. The van der Waals surface area contributed by atoms with Gasteiger partial charge in [-0.1, -0.05) is 22.9 Å². The van der Waals surface area contributed by atoms with Crippen molar-refractivity contribution in [2.24, 2.45) is 0 Å². The molecule has 1 aliphatic rings. The summed E-state index contributed by atoms with van der Waals surface area (Å²) in [5.74, 6) is 2.04. The summed E-state index contributed by atoms with van der Waals surface area (Å²) in [5.41, 5.74) is 1.91. The third-order valence-electron chi connectivity index (χ3n) is 4.44. The summed E-state index contributed by atoms with van der Waals surface area (Å²) in [7, 11) is 0. The van der Waals surface area contributed by atoms with Gasteiger partial charge < -0.3 is 14.4 Å². The summed E-state index contributed by atoms with van der Waals surface area (Å²) in [4.78, 5) is 20.9. The molecule has 1 N–H and O–H groups in total. The van der Waals surface area contributed by atoms with Crippen LogP contribution in [-0.2, 0) is 24.2 Å². The lowest BCUT2D eigenvalue weighted by Gasteiger charge is -2.19. The molecule has 128 valence electrons. The molecule has 0 saturated heterocycles. The van der Waals surface area contributed by atoms with Crippen LogP contribution in [0.1, 0.15) is 35.4 Å². The first-order valence-corrected chi connectivity index (χ1v) is 8.36. The number of fused-ring (bicyclic) bond motifs is 1. The van der Waals surface area contributed by atoms with Crippen LogP contribution in [0.5, 0.6) is 0 Å². The molecule has 4 rings (SSSR count). The van der Waals surface area contributed by atoms with Crippen LogP contribution < -0.4 is 5.32 Å². The second-order valence-electron chi connectivity index (χ2n) is 6.37. The number of nitrogens with one attached hydrogen (secondary N) is 1. The van der Waals surface area contributed by atoms with E-state index in [1.807, 2.05) is 43.6 Å². The fraction of sp³-hybridized carbons (Fsp3) is 0.333. The van der Waals surface area contributed by atoms with Crippen molar-refractivity contribution < 1.29 is 9.32 Å². The minimum Gasteiger partial charge on any atom is -0.339 e. The maximum Gasteiger partial charge on any atom is 0.232 e. The fourth-order valence-electron chi connectivity index (χ4n) is 3.05. The molecule has 1 amide bonds. The Morgan fingerprint density at radius 3 is 3.04 bits per heavy atom. The Morgan fingerprint density at radius 2 is 2.20 bits per heavy atom. The van der Waals surface area contributed by atoms with Gasteiger partial charge >= 0.3 is 0 Å². The van der Waals surface area contributed by atoms with E-state index in [1.165, 1.54) is 0 Å². The number of carbonyl (C=O) groups is 1. The summed E-state index contributed by atoms with van der Waals surface area (Å²) >= 11 is 0. The zero-order valence-corrected chi connectivity index (χ0v) is 14.0. The van der Waals surface area contributed by atoms with Crippen LogP contribution in [0.25, 0.3) is 0 Å². The lowest BCUT2D eigenvalue weighted by Crippen LogP contribution is -2.18. The first-order chi connectivity index (χ1) is 12.2. The molecule has 2 aromatic heterocycles. The van der Waals surface area contributed by atoms with Crippen molar-refractivity contribution >= 4 is 11.6 Å². The number of imidazole rings is 1. The molecule has 1 atom stereocenters. The largest absolute Gasteiger partial charge is 0.339 e. The van der Waals surface area contributed by atoms with Crippen LogP contribution in [-0.4, -0.2) is 25.6 Å². The van der Waals surface area contributed by atoms with E-state index in [1.54, 1.807) is 0 Å². The summed E-state index contributed by atoms with van der Waals surface area (Å²) in [6, 6.07) is 7.65. The van der Waals surface area contributed by atoms with Gasteiger partial charge in [-0.2, -0.15) is 4.98 Å². The summed E-state index contributed by atoms with van der Waals surface area (Å²) in [5, 5.41) is 6.80. The van der Waals surface area contributed by atoms with Crippen LogP contribution in [0.15, 0.2) is 41.2 Å². The van der Waals surface area contributed by atoms with Crippen LogP contribution in [0.3, 0.4) is 0 Å². The Labute approximate surface area is 145 Å².